The fourth-order valence-corrected chi connectivity index (χ4v) is 2.86. The highest BCUT2D eigenvalue weighted by molar-refractivity contribution is 6.42. The van der Waals surface area contributed by atoms with E-state index >= 15 is 0 Å². The van der Waals surface area contributed by atoms with Crippen LogP contribution < -0.4 is 5.32 Å². The minimum absolute atomic E-state index is 0.0970. The fourth-order valence-electron chi connectivity index (χ4n) is 2.42. The van der Waals surface area contributed by atoms with Gasteiger partial charge in [0.15, 0.2) is 0 Å². The lowest BCUT2D eigenvalue weighted by Gasteiger charge is -2.32. The SMILES string of the molecule is CC(C)N[C@@H]1CCc2c(ccc(Cl)c2Cl)[C@H]1O. The van der Waals surface area contributed by atoms with Crippen LogP contribution in [0.5, 0.6) is 0 Å². The zero-order valence-corrected chi connectivity index (χ0v) is 11.5. The van der Waals surface area contributed by atoms with E-state index in [1.165, 1.54) is 0 Å². The van der Waals surface area contributed by atoms with Gasteiger partial charge in [0.25, 0.3) is 0 Å². The number of rotatable bonds is 2. The van der Waals surface area contributed by atoms with E-state index in [0.29, 0.717) is 16.1 Å². The van der Waals surface area contributed by atoms with Crippen LogP contribution in [0, 0.1) is 0 Å². The quantitative estimate of drug-likeness (QED) is 0.867. The van der Waals surface area contributed by atoms with Crippen molar-refractivity contribution in [3.63, 3.8) is 0 Å². The molecule has 0 bridgehead atoms. The molecule has 0 fully saturated rings. The number of benzene rings is 1. The summed E-state index contributed by atoms with van der Waals surface area (Å²) in [6, 6.07) is 4.09. The van der Waals surface area contributed by atoms with Crippen molar-refractivity contribution in [1.82, 2.24) is 5.32 Å². The van der Waals surface area contributed by atoms with Crippen molar-refractivity contribution in [2.75, 3.05) is 0 Å². The lowest BCUT2D eigenvalue weighted by Crippen LogP contribution is -2.42. The molecule has 0 radical (unpaired) electrons. The van der Waals surface area contributed by atoms with Gasteiger partial charge in [-0.05, 0) is 30.0 Å². The molecular weight excluding hydrogens is 257 g/mol. The molecule has 1 aliphatic rings. The first-order valence-corrected chi connectivity index (χ1v) is 6.67. The molecule has 1 aromatic rings. The standard InChI is InChI=1S/C13H17Cl2NO/c1-7(2)16-11-6-4-8-9(13(11)17)3-5-10(14)12(8)15/h3,5,7,11,13,16-17H,4,6H2,1-2H3/t11-,13-/m1/s1. The Morgan fingerprint density at radius 3 is 2.71 bits per heavy atom. The van der Waals surface area contributed by atoms with Crippen LogP contribution in [0.1, 0.15) is 37.5 Å². The highest BCUT2D eigenvalue weighted by atomic mass is 35.5. The minimum atomic E-state index is -0.504. The van der Waals surface area contributed by atoms with Crippen molar-refractivity contribution in [3.05, 3.63) is 33.3 Å². The normalized spacial score (nSPS) is 23.9. The summed E-state index contributed by atoms with van der Waals surface area (Å²) in [7, 11) is 0. The van der Waals surface area contributed by atoms with Crippen LogP contribution in [0.25, 0.3) is 0 Å². The number of nitrogens with one attached hydrogen (secondary N) is 1. The summed E-state index contributed by atoms with van der Waals surface area (Å²) in [6.07, 6.45) is 1.23. The molecule has 0 aliphatic heterocycles. The van der Waals surface area contributed by atoms with Crippen LogP contribution in [0.3, 0.4) is 0 Å². The second kappa shape index (κ2) is 5.15. The van der Waals surface area contributed by atoms with Gasteiger partial charge in [-0.1, -0.05) is 43.1 Å². The monoisotopic (exact) mass is 273 g/mol. The van der Waals surface area contributed by atoms with Crippen molar-refractivity contribution in [1.29, 1.82) is 0 Å². The molecule has 1 aliphatic carbocycles. The van der Waals surface area contributed by atoms with Crippen LogP contribution >= 0.6 is 23.2 Å². The summed E-state index contributed by atoms with van der Waals surface area (Å²) in [5, 5.41) is 14.9. The molecule has 0 saturated heterocycles. The Labute approximate surface area is 112 Å². The van der Waals surface area contributed by atoms with Gasteiger partial charge < -0.3 is 10.4 Å². The van der Waals surface area contributed by atoms with Crippen molar-refractivity contribution in [2.24, 2.45) is 0 Å². The molecule has 0 saturated carbocycles. The predicted octanol–water partition coefficient (Wildman–Crippen LogP) is 3.34. The number of halogens is 2. The van der Waals surface area contributed by atoms with Gasteiger partial charge in [-0.3, -0.25) is 0 Å². The molecular formula is C13H17Cl2NO. The van der Waals surface area contributed by atoms with Gasteiger partial charge in [-0.25, -0.2) is 0 Å². The average Bonchev–Trinajstić information content (AvgIpc) is 2.27. The molecule has 0 amide bonds. The van der Waals surface area contributed by atoms with Crippen LogP contribution in [0.4, 0.5) is 0 Å². The molecule has 0 unspecified atom stereocenters. The average molecular weight is 274 g/mol. The second-order valence-electron chi connectivity index (χ2n) is 4.84. The number of hydrogen-bond acceptors (Lipinski definition) is 2. The molecule has 17 heavy (non-hydrogen) atoms. The first-order chi connectivity index (χ1) is 8.00. The van der Waals surface area contributed by atoms with Gasteiger partial charge >= 0.3 is 0 Å². The van der Waals surface area contributed by atoms with Crippen LogP contribution in [0.15, 0.2) is 12.1 Å². The molecule has 0 heterocycles. The molecule has 2 N–H and O–H groups in total. The zero-order valence-electron chi connectivity index (χ0n) is 10.0. The summed E-state index contributed by atoms with van der Waals surface area (Å²) in [4.78, 5) is 0. The Morgan fingerprint density at radius 1 is 1.35 bits per heavy atom. The summed E-state index contributed by atoms with van der Waals surface area (Å²) in [5.74, 6) is 0. The van der Waals surface area contributed by atoms with Crippen LogP contribution in [-0.2, 0) is 6.42 Å². The minimum Gasteiger partial charge on any atom is -0.387 e. The van der Waals surface area contributed by atoms with Crippen molar-refractivity contribution >= 4 is 23.2 Å². The van der Waals surface area contributed by atoms with Gasteiger partial charge in [-0.2, -0.15) is 0 Å². The third-order valence-corrected chi connectivity index (χ3v) is 4.03. The molecule has 2 nitrogen and oxygen atoms in total. The Morgan fingerprint density at radius 2 is 2.06 bits per heavy atom. The van der Waals surface area contributed by atoms with Gasteiger partial charge in [0, 0.05) is 12.1 Å². The van der Waals surface area contributed by atoms with Crippen molar-refractivity contribution in [3.8, 4) is 0 Å². The maximum Gasteiger partial charge on any atom is 0.0946 e. The Kier molecular flexibility index (Phi) is 3.99. The zero-order chi connectivity index (χ0) is 12.6. The summed E-state index contributed by atoms with van der Waals surface area (Å²) in [6.45, 7) is 4.16. The lowest BCUT2D eigenvalue weighted by molar-refractivity contribution is 0.110. The van der Waals surface area contributed by atoms with E-state index in [1.54, 1.807) is 6.07 Å². The Bertz CT molecular complexity index is 420. The first-order valence-electron chi connectivity index (χ1n) is 5.91. The number of fused-ring (bicyclic) bond motifs is 1. The van der Waals surface area contributed by atoms with Gasteiger partial charge in [0.05, 0.1) is 16.1 Å². The molecule has 0 spiro atoms. The fraction of sp³-hybridized carbons (Fsp3) is 0.538. The highest BCUT2D eigenvalue weighted by Crippen LogP contribution is 2.37. The smallest absolute Gasteiger partial charge is 0.0946 e. The molecule has 4 heteroatoms. The topological polar surface area (TPSA) is 32.3 Å². The molecule has 94 valence electrons. The molecule has 1 aromatic carbocycles. The Hall–Kier alpha value is -0.280. The van der Waals surface area contributed by atoms with Crippen molar-refractivity contribution in [2.45, 2.75) is 44.9 Å². The molecule has 0 aromatic heterocycles. The van der Waals surface area contributed by atoms with E-state index in [4.69, 9.17) is 23.2 Å². The van der Waals surface area contributed by atoms with E-state index in [0.717, 1.165) is 24.0 Å². The van der Waals surface area contributed by atoms with Crippen molar-refractivity contribution < 1.29 is 5.11 Å². The van der Waals surface area contributed by atoms with Gasteiger partial charge in [-0.15, -0.1) is 0 Å². The van der Waals surface area contributed by atoms with E-state index in [9.17, 15) is 5.11 Å². The molecule has 2 rings (SSSR count). The van der Waals surface area contributed by atoms with Crippen LogP contribution in [0.2, 0.25) is 10.0 Å². The summed E-state index contributed by atoms with van der Waals surface area (Å²) >= 11 is 12.2. The van der Waals surface area contributed by atoms with Gasteiger partial charge in [0.1, 0.15) is 0 Å². The number of aliphatic hydroxyl groups excluding tert-OH is 1. The summed E-state index contributed by atoms with van der Waals surface area (Å²) < 4.78 is 0. The maximum atomic E-state index is 10.3. The van der Waals surface area contributed by atoms with E-state index in [2.05, 4.69) is 19.2 Å². The third-order valence-electron chi connectivity index (χ3n) is 3.18. The number of aliphatic hydroxyl groups is 1. The van der Waals surface area contributed by atoms with Crippen LogP contribution in [-0.4, -0.2) is 17.2 Å². The maximum absolute atomic E-state index is 10.3. The highest BCUT2D eigenvalue weighted by Gasteiger charge is 2.29. The summed E-state index contributed by atoms with van der Waals surface area (Å²) in [5.41, 5.74) is 1.90. The predicted molar refractivity (Wildman–Crippen MR) is 71.8 cm³/mol. The number of hydrogen-bond donors (Lipinski definition) is 2. The van der Waals surface area contributed by atoms with E-state index in [1.807, 2.05) is 6.07 Å². The van der Waals surface area contributed by atoms with E-state index in [-0.39, 0.29) is 6.04 Å². The second-order valence-corrected chi connectivity index (χ2v) is 5.63. The Balaban J connectivity index is 2.30. The third kappa shape index (κ3) is 2.60. The largest absolute Gasteiger partial charge is 0.387 e. The first kappa shape index (κ1) is 13.2. The van der Waals surface area contributed by atoms with Gasteiger partial charge in [0.2, 0.25) is 0 Å². The lowest BCUT2D eigenvalue weighted by atomic mass is 9.85. The van der Waals surface area contributed by atoms with E-state index < -0.39 is 6.10 Å². The molecule has 2 atom stereocenters.